The van der Waals surface area contributed by atoms with E-state index in [1.807, 2.05) is 18.4 Å². The number of methoxy groups -OCH3 is 2. The Balaban J connectivity index is 2.52. The van der Waals surface area contributed by atoms with Crippen LogP contribution in [0.3, 0.4) is 0 Å². The molecule has 0 aliphatic heterocycles. The molecule has 0 spiro atoms. The van der Waals surface area contributed by atoms with Crippen molar-refractivity contribution >= 4 is 17.5 Å². The van der Waals surface area contributed by atoms with Gasteiger partial charge in [0, 0.05) is 6.42 Å². The fourth-order valence-corrected chi connectivity index (χ4v) is 3.07. The minimum absolute atomic E-state index is 0.0569. The molecule has 0 unspecified atom stereocenters. The number of benzene rings is 1. The van der Waals surface area contributed by atoms with Crippen molar-refractivity contribution in [3.8, 4) is 11.5 Å². The maximum Gasteiger partial charge on any atom is 0.161 e. The number of aryl methyl sites for hydroxylation is 1. The number of ketones is 1. The van der Waals surface area contributed by atoms with Crippen molar-refractivity contribution in [2.75, 3.05) is 20.5 Å². The molecule has 0 aromatic heterocycles. The molecule has 4 heteroatoms. The number of thioether (sulfide) groups is 1. The molecular weight excluding hydrogens is 236 g/mol. The van der Waals surface area contributed by atoms with Crippen LogP contribution in [-0.4, -0.2) is 26.3 Å². The molecule has 0 saturated carbocycles. The van der Waals surface area contributed by atoms with Crippen LogP contribution in [0, 0.1) is 0 Å². The molecule has 3 nitrogen and oxygen atoms in total. The second-order valence-electron chi connectivity index (χ2n) is 3.99. The lowest BCUT2D eigenvalue weighted by molar-refractivity contribution is -0.119. The van der Waals surface area contributed by atoms with Crippen LogP contribution in [0.25, 0.3) is 0 Å². The first-order chi connectivity index (χ1) is 8.21. The molecule has 0 bridgehead atoms. The fraction of sp³-hybridized carbons (Fsp3) is 0.462. The number of carbonyl (C=O) groups excluding carboxylic acids is 1. The molecule has 0 heterocycles. The van der Waals surface area contributed by atoms with E-state index < -0.39 is 0 Å². The van der Waals surface area contributed by atoms with E-state index >= 15 is 0 Å². The molecule has 1 aliphatic carbocycles. The van der Waals surface area contributed by atoms with Crippen LogP contribution in [0.5, 0.6) is 11.5 Å². The summed E-state index contributed by atoms with van der Waals surface area (Å²) in [4.78, 5) is 11.8. The van der Waals surface area contributed by atoms with Crippen molar-refractivity contribution in [2.24, 2.45) is 0 Å². The molecule has 0 amide bonds. The topological polar surface area (TPSA) is 35.5 Å². The van der Waals surface area contributed by atoms with Gasteiger partial charge in [0.05, 0.1) is 19.5 Å². The van der Waals surface area contributed by atoms with Gasteiger partial charge in [-0.25, -0.2) is 0 Å². The standard InChI is InChI=1S/C13H16O3S/c1-15-11-6-8-4-5-10(14)13(17-3)9(8)7-12(11)16-2/h6-7,13H,4-5H2,1-3H3/t13-/m1/s1. The third-order valence-corrected chi connectivity index (χ3v) is 4.08. The largest absolute Gasteiger partial charge is 0.493 e. The van der Waals surface area contributed by atoms with E-state index in [4.69, 9.17) is 9.47 Å². The SMILES string of the molecule is COc1cc2c(cc1OC)[C@@H](SC)C(=O)CC2. The number of ether oxygens (including phenoxy) is 2. The number of Topliss-reactive ketones (excluding diaryl/α,β-unsaturated/α-hetero) is 1. The predicted molar refractivity (Wildman–Crippen MR) is 69.1 cm³/mol. The summed E-state index contributed by atoms with van der Waals surface area (Å²) in [6.45, 7) is 0. The predicted octanol–water partition coefficient (Wildman–Crippen LogP) is 2.62. The van der Waals surface area contributed by atoms with Crippen LogP contribution >= 0.6 is 11.8 Å². The Morgan fingerprint density at radius 1 is 1.18 bits per heavy atom. The van der Waals surface area contributed by atoms with Crippen molar-refractivity contribution in [1.29, 1.82) is 0 Å². The molecule has 1 aromatic carbocycles. The Kier molecular flexibility index (Phi) is 3.62. The average Bonchev–Trinajstić information content (AvgIpc) is 2.37. The summed E-state index contributed by atoms with van der Waals surface area (Å²) >= 11 is 1.58. The zero-order chi connectivity index (χ0) is 12.4. The summed E-state index contributed by atoms with van der Waals surface area (Å²) < 4.78 is 10.6. The first-order valence-corrected chi connectivity index (χ1v) is 6.80. The Morgan fingerprint density at radius 3 is 2.41 bits per heavy atom. The molecule has 1 aromatic rings. The molecule has 1 aliphatic rings. The number of hydrogen-bond donors (Lipinski definition) is 0. The summed E-state index contributed by atoms with van der Waals surface area (Å²) in [6.07, 6.45) is 3.38. The lowest BCUT2D eigenvalue weighted by atomic mass is 9.90. The normalized spacial score (nSPS) is 18.8. The van der Waals surface area contributed by atoms with E-state index in [-0.39, 0.29) is 5.25 Å². The van der Waals surface area contributed by atoms with E-state index in [9.17, 15) is 4.79 Å². The van der Waals surface area contributed by atoms with Gasteiger partial charge in [-0.3, -0.25) is 4.79 Å². The van der Waals surface area contributed by atoms with Gasteiger partial charge >= 0.3 is 0 Å². The van der Waals surface area contributed by atoms with Gasteiger partial charge in [-0.1, -0.05) is 0 Å². The van der Waals surface area contributed by atoms with E-state index in [1.54, 1.807) is 26.0 Å². The Hall–Kier alpha value is -1.16. The summed E-state index contributed by atoms with van der Waals surface area (Å²) in [6, 6.07) is 3.93. The van der Waals surface area contributed by atoms with Gasteiger partial charge in [-0.05, 0) is 35.9 Å². The molecule has 17 heavy (non-hydrogen) atoms. The lowest BCUT2D eigenvalue weighted by Crippen LogP contribution is -2.18. The maximum atomic E-state index is 11.8. The Morgan fingerprint density at radius 2 is 1.82 bits per heavy atom. The monoisotopic (exact) mass is 252 g/mol. The van der Waals surface area contributed by atoms with Crippen LogP contribution in [0.4, 0.5) is 0 Å². The first-order valence-electron chi connectivity index (χ1n) is 5.51. The number of fused-ring (bicyclic) bond motifs is 1. The molecule has 0 radical (unpaired) electrons. The third kappa shape index (κ3) is 2.14. The van der Waals surface area contributed by atoms with Gasteiger partial charge in [0.25, 0.3) is 0 Å². The van der Waals surface area contributed by atoms with Gasteiger partial charge in [0.2, 0.25) is 0 Å². The van der Waals surface area contributed by atoms with Crippen LogP contribution in [0.15, 0.2) is 12.1 Å². The van der Waals surface area contributed by atoms with E-state index in [1.165, 1.54) is 5.56 Å². The zero-order valence-corrected chi connectivity index (χ0v) is 11.1. The smallest absolute Gasteiger partial charge is 0.161 e. The van der Waals surface area contributed by atoms with Gasteiger partial charge in [-0.2, -0.15) is 0 Å². The van der Waals surface area contributed by atoms with Gasteiger partial charge < -0.3 is 9.47 Å². The van der Waals surface area contributed by atoms with Gasteiger partial charge in [0.1, 0.15) is 0 Å². The zero-order valence-electron chi connectivity index (χ0n) is 10.3. The van der Waals surface area contributed by atoms with E-state index in [0.717, 1.165) is 17.7 Å². The maximum absolute atomic E-state index is 11.8. The van der Waals surface area contributed by atoms with Crippen LogP contribution in [-0.2, 0) is 11.2 Å². The van der Waals surface area contributed by atoms with Crippen molar-refractivity contribution < 1.29 is 14.3 Å². The van der Waals surface area contributed by atoms with Crippen LogP contribution in [0.2, 0.25) is 0 Å². The second-order valence-corrected chi connectivity index (χ2v) is 4.93. The van der Waals surface area contributed by atoms with E-state index in [0.29, 0.717) is 18.0 Å². The molecular formula is C13H16O3S. The number of hydrogen-bond acceptors (Lipinski definition) is 4. The lowest BCUT2D eigenvalue weighted by Gasteiger charge is -2.24. The summed E-state index contributed by atoms with van der Waals surface area (Å²) in [7, 11) is 3.24. The van der Waals surface area contributed by atoms with Crippen molar-refractivity contribution in [1.82, 2.24) is 0 Å². The number of carbonyl (C=O) groups is 1. The highest BCUT2D eigenvalue weighted by Gasteiger charge is 2.28. The molecule has 0 fully saturated rings. The Labute approximate surface area is 105 Å². The summed E-state index contributed by atoms with van der Waals surface area (Å²) in [5.41, 5.74) is 2.27. The van der Waals surface area contributed by atoms with Gasteiger partial charge in [0.15, 0.2) is 17.3 Å². The summed E-state index contributed by atoms with van der Waals surface area (Å²) in [5.74, 6) is 1.73. The Bertz CT molecular complexity index is 443. The molecule has 1 atom stereocenters. The third-order valence-electron chi connectivity index (χ3n) is 3.10. The molecule has 92 valence electrons. The van der Waals surface area contributed by atoms with Crippen molar-refractivity contribution in [2.45, 2.75) is 18.1 Å². The highest BCUT2D eigenvalue weighted by Crippen LogP contribution is 2.41. The summed E-state index contributed by atoms with van der Waals surface area (Å²) in [5, 5.41) is -0.0569. The molecule has 0 saturated heterocycles. The first kappa shape index (κ1) is 12.3. The minimum atomic E-state index is -0.0569. The van der Waals surface area contributed by atoms with Crippen LogP contribution in [0.1, 0.15) is 22.8 Å². The average molecular weight is 252 g/mol. The van der Waals surface area contributed by atoms with E-state index in [2.05, 4.69) is 0 Å². The highest BCUT2D eigenvalue weighted by molar-refractivity contribution is 7.99. The van der Waals surface area contributed by atoms with Crippen molar-refractivity contribution in [3.05, 3.63) is 23.3 Å². The molecule has 2 rings (SSSR count). The number of rotatable bonds is 3. The second kappa shape index (κ2) is 5.00. The quantitative estimate of drug-likeness (QED) is 0.828. The highest BCUT2D eigenvalue weighted by atomic mass is 32.2. The minimum Gasteiger partial charge on any atom is -0.493 e. The molecule has 0 N–H and O–H groups in total. The van der Waals surface area contributed by atoms with Crippen molar-refractivity contribution in [3.63, 3.8) is 0 Å². The van der Waals surface area contributed by atoms with Crippen LogP contribution < -0.4 is 9.47 Å². The van der Waals surface area contributed by atoms with Gasteiger partial charge in [-0.15, -0.1) is 11.8 Å². The fourth-order valence-electron chi connectivity index (χ4n) is 2.22.